The molecule has 0 bridgehead atoms. The molecule has 0 atom stereocenters. The topological polar surface area (TPSA) is 67.1 Å². The number of nitrogen functional groups attached to an aromatic ring is 1. The van der Waals surface area contributed by atoms with E-state index in [-0.39, 0.29) is 5.91 Å². The quantitative estimate of drug-likeness (QED) is 0.587. The minimum Gasteiger partial charge on any atom is -0.352 e. The van der Waals surface area contributed by atoms with Crippen LogP contribution in [0.3, 0.4) is 0 Å². The number of hydrazine groups is 1. The second-order valence-corrected chi connectivity index (χ2v) is 5.19. The number of halogens is 1. The molecule has 0 aliphatic heterocycles. The van der Waals surface area contributed by atoms with Crippen molar-refractivity contribution < 1.29 is 4.79 Å². The van der Waals surface area contributed by atoms with Gasteiger partial charge < -0.3 is 10.7 Å². The highest BCUT2D eigenvalue weighted by atomic mass is 35.5. The van der Waals surface area contributed by atoms with E-state index in [0.717, 1.165) is 6.42 Å². The summed E-state index contributed by atoms with van der Waals surface area (Å²) in [6, 6.07) is 6.99. The van der Waals surface area contributed by atoms with Crippen molar-refractivity contribution in [3.8, 4) is 0 Å². The molecule has 0 unspecified atom stereocenters. The predicted molar refractivity (Wildman–Crippen MR) is 79.6 cm³/mol. The van der Waals surface area contributed by atoms with Crippen molar-refractivity contribution >= 4 is 34.5 Å². The fraction of sp³-hybridized carbons (Fsp3) is 0.154. The Balaban J connectivity index is 1.97. The molecule has 1 aromatic carbocycles. The first kappa shape index (κ1) is 13.9. The fourth-order valence-corrected chi connectivity index (χ4v) is 2.56. The molecule has 0 aliphatic rings. The van der Waals surface area contributed by atoms with E-state index in [1.54, 1.807) is 29.5 Å². The SMILES string of the molecule is NNc1ccc(Cl)cc1C(=O)NCCc1ccsc1. The average molecular weight is 296 g/mol. The maximum atomic E-state index is 12.0. The molecule has 1 heterocycles. The number of hydrogen-bond acceptors (Lipinski definition) is 4. The van der Waals surface area contributed by atoms with Gasteiger partial charge in [-0.05, 0) is 47.0 Å². The zero-order valence-corrected chi connectivity index (χ0v) is 11.7. The molecule has 0 spiro atoms. The van der Waals surface area contributed by atoms with Crippen LogP contribution in [0.1, 0.15) is 15.9 Å². The number of hydrogen-bond donors (Lipinski definition) is 3. The van der Waals surface area contributed by atoms with Gasteiger partial charge in [0, 0.05) is 11.6 Å². The van der Waals surface area contributed by atoms with Gasteiger partial charge in [0.15, 0.2) is 0 Å². The molecule has 0 fully saturated rings. The summed E-state index contributed by atoms with van der Waals surface area (Å²) in [7, 11) is 0. The lowest BCUT2D eigenvalue weighted by Gasteiger charge is -2.09. The summed E-state index contributed by atoms with van der Waals surface area (Å²) >= 11 is 7.53. The smallest absolute Gasteiger partial charge is 0.253 e. The van der Waals surface area contributed by atoms with Crippen LogP contribution in [0.4, 0.5) is 5.69 Å². The van der Waals surface area contributed by atoms with Crippen molar-refractivity contribution in [3.63, 3.8) is 0 Å². The van der Waals surface area contributed by atoms with Gasteiger partial charge in [-0.2, -0.15) is 11.3 Å². The van der Waals surface area contributed by atoms with Gasteiger partial charge in [0.05, 0.1) is 11.3 Å². The van der Waals surface area contributed by atoms with Crippen LogP contribution in [0.15, 0.2) is 35.0 Å². The minimum absolute atomic E-state index is 0.189. The second kappa shape index (κ2) is 6.56. The van der Waals surface area contributed by atoms with E-state index >= 15 is 0 Å². The Morgan fingerprint density at radius 3 is 2.89 bits per heavy atom. The van der Waals surface area contributed by atoms with Crippen molar-refractivity contribution in [2.75, 3.05) is 12.0 Å². The van der Waals surface area contributed by atoms with Gasteiger partial charge in [-0.3, -0.25) is 10.6 Å². The molecule has 4 nitrogen and oxygen atoms in total. The number of carbonyl (C=O) groups is 1. The van der Waals surface area contributed by atoms with Crippen molar-refractivity contribution in [2.45, 2.75) is 6.42 Å². The molecule has 100 valence electrons. The highest BCUT2D eigenvalue weighted by Crippen LogP contribution is 2.19. The molecule has 0 saturated carbocycles. The van der Waals surface area contributed by atoms with E-state index < -0.39 is 0 Å². The Kier molecular flexibility index (Phi) is 4.79. The van der Waals surface area contributed by atoms with Crippen LogP contribution in [-0.2, 0) is 6.42 Å². The first-order valence-corrected chi connectivity index (χ1v) is 7.08. The van der Waals surface area contributed by atoms with Crippen LogP contribution in [-0.4, -0.2) is 12.5 Å². The van der Waals surface area contributed by atoms with Gasteiger partial charge in [-0.25, -0.2) is 0 Å². The number of benzene rings is 1. The third-order valence-electron chi connectivity index (χ3n) is 2.66. The molecule has 2 aromatic rings. The molecule has 0 radical (unpaired) electrons. The highest BCUT2D eigenvalue weighted by molar-refractivity contribution is 7.07. The minimum atomic E-state index is -0.189. The number of anilines is 1. The summed E-state index contributed by atoms with van der Waals surface area (Å²) in [5, 5.41) is 7.44. The van der Waals surface area contributed by atoms with Gasteiger partial charge in [0.2, 0.25) is 0 Å². The Hall–Kier alpha value is -1.56. The van der Waals surface area contributed by atoms with Gasteiger partial charge in [-0.1, -0.05) is 11.6 Å². The standard InChI is InChI=1S/C13H14ClN3OS/c14-10-1-2-12(17-15)11(7-10)13(18)16-5-3-9-4-6-19-8-9/h1-2,4,6-8,17H,3,5,15H2,(H,16,18). The van der Waals surface area contributed by atoms with Gasteiger partial charge >= 0.3 is 0 Å². The zero-order valence-electron chi connectivity index (χ0n) is 10.2. The number of nitrogens with one attached hydrogen (secondary N) is 2. The molecule has 1 amide bonds. The van der Waals surface area contributed by atoms with Gasteiger partial charge in [0.1, 0.15) is 0 Å². The van der Waals surface area contributed by atoms with E-state index in [4.69, 9.17) is 17.4 Å². The molecule has 0 aliphatic carbocycles. The maximum Gasteiger partial charge on any atom is 0.253 e. The summed E-state index contributed by atoms with van der Waals surface area (Å²) < 4.78 is 0. The van der Waals surface area contributed by atoms with Crippen LogP contribution >= 0.6 is 22.9 Å². The van der Waals surface area contributed by atoms with E-state index in [9.17, 15) is 4.79 Å². The lowest BCUT2D eigenvalue weighted by Crippen LogP contribution is -2.27. The molecule has 6 heteroatoms. The first-order chi connectivity index (χ1) is 9.20. The number of rotatable bonds is 5. The number of thiophene rings is 1. The van der Waals surface area contributed by atoms with Crippen molar-refractivity contribution in [2.24, 2.45) is 5.84 Å². The molecule has 0 saturated heterocycles. The molecular formula is C13H14ClN3OS. The van der Waals surface area contributed by atoms with Gasteiger partial charge in [-0.15, -0.1) is 0 Å². The van der Waals surface area contributed by atoms with E-state index in [1.807, 2.05) is 11.4 Å². The van der Waals surface area contributed by atoms with Crippen LogP contribution < -0.4 is 16.6 Å². The Labute approximate surface area is 120 Å². The predicted octanol–water partition coefficient (Wildman–Crippen LogP) is 2.66. The summed E-state index contributed by atoms with van der Waals surface area (Å²) in [5.74, 6) is 5.18. The van der Waals surface area contributed by atoms with Gasteiger partial charge in [0.25, 0.3) is 5.91 Å². The van der Waals surface area contributed by atoms with E-state index in [0.29, 0.717) is 22.8 Å². The summed E-state index contributed by atoms with van der Waals surface area (Å²) in [5.41, 5.74) is 4.70. The van der Waals surface area contributed by atoms with Crippen LogP contribution in [0.2, 0.25) is 5.02 Å². The van der Waals surface area contributed by atoms with Crippen molar-refractivity contribution in [3.05, 3.63) is 51.2 Å². The molecule has 19 heavy (non-hydrogen) atoms. The molecular weight excluding hydrogens is 282 g/mol. The third-order valence-corrected chi connectivity index (χ3v) is 3.63. The lowest BCUT2D eigenvalue weighted by atomic mass is 10.1. The first-order valence-electron chi connectivity index (χ1n) is 5.76. The molecule has 4 N–H and O–H groups in total. The average Bonchev–Trinajstić information content (AvgIpc) is 2.91. The van der Waals surface area contributed by atoms with Crippen molar-refractivity contribution in [1.29, 1.82) is 0 Å². The summed E-state index contributed by atoms with van der Waals surface area (Å²) in [6.45, 7) is 0.575. The fourth-order valence-electron chi connectivity index (χ4n) is 1.68. The number of amides is 1. The van der Waals surface area contributed by atoms with E-state index in [2.05, 4.69) is 16.1 Å². The summed E-state index contributed by atoms with van der Waals surface area (Å²) in [4.78, 5) is 12.0. The monoisotopic (exact) mass is 295 g/mol. The maximum absolute atomic E-state index is 12.0. The second-order valence-electron chi connectivity index (χ2n) is 3.97. The third kappa shape index (κ3) is 3.70. The van der Waals surface area contributed by atoms with Crippen LogP contribution in [0.25, 0.3) is 0 Å². The van der Waals surface area contributed by atoms with Crippen LogP contribution in [0, 0.1) is 0 Å². The largest absolute Gasteiger partial charge is 0.352 e. The van der Waals surface area contributed by atoms with Crippen molar-refractivity contribution in [1.82, 2.24) is 5.32 Å². The Morgan fingerprint density at radius 2 is 2.21 bits per heavy atom. The number of carbonyl (C=O) groups excluding carboxylic acids is 1. The Morgan fingerprint density at radius 1 is 1.37 bits per heavy atom. The lowest BCUT2D eigenvalue weighted by molar-refractivity contribution is 0.0955. The summed E-state index contributed by atoms with van der Waals surface area (Å²) in [6.07, 6.45) is 0.807. The van der Waals surface area contributed by atoms with E-state index in [1.165, 1.54) is 5.56 Å². The normalized spacial score (nSPS) is 10.2. The zero-order chi connectivity index (χ0) is 13.7. The highest BCUT2D eigenvalue weighted by Gasteiger charge is 2.11. The van der Waals surface area contributed by atoms with Crippen LogP contribution in [0.5, 0.6) is 0 Å². The number of nitrogens with two attached hydrogens (primary N) is 1. The molecule has 2 rings (SSSR count). The Bertz CT molecular complexity index is 557. The molecule has 1 aromatic heterocycles.